The largest absolute Gasteiger partial charge is 0.490 e. The molecule has 0 N–H and O–H groups in total. The lowest BCUT2D eigenvalue weighted by Crippen LogP contribution is -2.47. The molecule has 194 valence electrons. The van der Waals surface area contributed by atoms with Crippen LogP contribution in [0.3, 0.4) is 0 Å². The fraction of sp³-hybridized carbons (Fsp3) is 0.667. The molecule has 2 heterocycles. The number of non-ortho nitro benzene ring substituents is 1. The van der Waals surface area contributed by atoms with E-state index < -0.39 is 22.9 Å². The Balaban J connectivity index is 1.98. The van der Waals surface area contributed by atoms with E-state index >= 15 is 0 Å². The lowest BCUT2D eigenvalue weighted by Gasteiger charge is -2.37. The van der Waals surface area contributed by atoms with Crippen molar-refractivity contribution < 1.29 is 33.5 Å². The van der Waals surface area contributed by atoms with Gasteiger partial charge in [0.1, 0.15) is 18.5 Å². The number of ether oxygens (including phenoxy) is 4. The number of methoxy groups -OCH3 is 2. The summed E-state index contributed by atoms with van der Waals surface area (Å²) in [7, 11) is 6.43. The molecule has 2 aliphatic rings. The molecule has 0 unspecified atom stereocenters. The number of benzene rings is 1. The van der Waals surface area contributed by atoms with E-state index in [9.17, 15) is 19.7 Å². The van der Waals surface area contributed by atoms with Gasteiger partial charge in [0, 0.05) is 53.5 Å². The van der Waals surface area contributed by atoms with Crippen LogP contribution in [0.25, 0.3) is 0 Å². The smallest absolute Gasteiger partial charge is 0.270 e. The summed E-state index contributed by atoms with van der Waals surface area (Å²) in [6.07, 6.45) is 1.01. The van der Waals surface area contributed by atoms with Gasteiger partial charge >= 0.3 is 0 Å². The molecule has 0 aromatic heterocycles. The van der Waals surface area contributed by atoms with Gasteiger partial charge in [0.15, 0.2) is 0 Å². The van der Waals surface area contributed by atoms with Crippen LogP contribution in [0, 0.1) is 16.0 Å². The Morgan fingerprint density at radius 3 is 2.43 bits per heavy atom. The number of hydrogen-bond acceptors (Lipinski definition) is 8. The zero-order valence-electron chi connectivity index (χ0n) is 21.0. The van der Waals surface area contributed by atoms with Crippen molar-refractivity contribution in [3.63, 3.8) is 0 Å². The fourth-order valence-electron chi connectivity index (χ4n) is 4.61. The predicted octanol–water partition coefficient (Wildman–Crippen LogP) is 2.12. The first kappa shape index (κ1) is 26.8. The van der Waals surface area contributed by atoms with E-state index in [-0.39, 0.29) is 54.4 Å². The average Bonchev–Trinajstić information content (AvgIpc) is 2.86. The summed E-state index contributed by atoms with van der Waals surface area (Å²) in [6.45, 7) is 2.53. The molecule has 2 bridgehead atoms. The Morgan fingerprint density at radius 1 is 1.06 bits per heavy atom. The Morgan fingerprint density at radius 2 is 1.77 bits per heavy atom. The Bertz CT molecular complexity index is 926. The molecule has 11 nitrogen and oxygen atoms in total. The van der Waals surface area contributed by atoms with Crippen molar-refractivity contribution in [2.24, 2.45) is 5.92 Å². The van der Waals surface area contributed by atoms with Crippen LogP contribution < -0.4 is 4.74 Å². The van der Waals surface area contributed by atoms with Gasteiger partial charge in [-0.3, -0.25) is 19.7 Å². The second-order valence-corrected chi connectivity index (χ2v) is 9.19. The minimum atomic E-state index is -0.562. The molecule has 5 atom stereocenters. The number of carbonyl (C=O) groups is 2. The van der Waals surface area contributed by atoms with Gasteiger partial charge in [0.25, 0.3) is 11.6 Å². The van der Waals surface area contributed by atoms with E-state index in [4.69, 9.17) is 18.9 Å². The number of nitro groups is 1. The van der Waals surface area contributed by atoms with E-state index in [1.165, 1.54) is 30.2 Å². The predicted molar refractivity (Wildman–Crippen MR) is 126 cm³/mol. The van der Waals surface area contributed by atoms with E-state index in [2.05, 4.69) is 0 Å². The number of rotatable bonds is 3. The minimum absolute atomic E-state index is 0.0565. The number of hydrogen-bond donors (Lipinski definition) is 0. The summed E-state index contributed by atoms with van der Waals surface area (Å²) in [5.74, 6) is -0.854. The Labute approximate surface area is 205 Å². The van der Waals surface area contributed by atoms with Gasteiger partial charge < -0.3 is 28.7 Å². The lowest BCUT2D eigenvalue weighted by molar-refractivity contribution is -0.384. The molecule has 2 aliphatic heterocycles. The van der Waals surface area contributed by atoms with Crippen molar-refractivity contribution in [1.82, 2.24) is 9.80 Å². The lowest BCUT2D eigenvalue weighted by atomic mass is 9.98. The molecule has 11 heteroatoms. The first-order chi connectivity index (χ1) is 16.7. The van der Waals surface area contributed by atoms with Crippen molar-refractivity contribution in [3.05, 3.63) is 33.9 Å². The summed E-state index contributed by atoms with van der Waals surface area (Å²) < 4.78 is 23.4. The van der Waals surface area contributed by atoms with Crippen LogP contribution in [0.1, 0.15) is 36.5 Å². The summed E-state index contributed by atoms with van der Waals surface area (Å²) in [5, 5.41) is 11.4. The SMILES string of the molecule is CO[C@@H]1CC[C@H]2CCN(C)C(=O)[C@H](C)[C@H](OC)CN(C)C(=O)c3cc([N+](=O)[O-])ccc3OC[C@@H]1O2. The van der Waals surface area contributed by atoms with Crippen molar-refractivity contribution in [3.8, 4) is 5.75 Å². The minimum Gasteiger partial charge on any atom is -0.490 e. The first-order valence-corrected chi connectivity index (χ1v) is 11.8. The second kappa shape index (κ2) is 11.8. The van der Waals surface area contributed by atoms with Gasteiger partial charge in [-0.1, -0.05) is 6.92 Å². The highest BCUT2D eigenvalue weighted by molar-refractivity contribution is 5.97. The molecule has 3 rings (SSSR count). The third kappa shape index (κ3) is 6.28. The van der Waals surface area contributed by atoms with Crippen LogP contribution in [0.15, 0.2) is 18.2 Å². The highest BCUT2D eigenvalue weighted by atomic mass is 16.6. The number of carbonyl (C=O) groups excluding carboxylic acids is 2. The fourth-order valence-corrected chi connectivity index (χ4v) is 4.61. The molecule has 1 saturated heterocycles. The van der Waals surface area contributed by atoms with Crippen LogP contribution in [0.4, 0.5) is 5.69 Å². The molecule has 0 saturated carbocycles. The zero-order valence-corrected chi connectivity index (χ0v) is 21.0. The number of likely N-dealkylation sites (N-methyl/N-ethyl adjacent to an activating group) is 1. The number of fused-ring (bicyclic) bond motifs is 3. The van der Waals surface area contributed by atoms with Crippen LogP contribution in [0.2, 0.25) is 0 Å². The molecule has 1 aromatic carbocycles. The summed E-state index contributed by atoms with van der Waals surface area (Å²) >= 11 is 0. The number of amides is 2. The molecule has 35 heavy (non-hydrogen) atoms. The molecule has 0 radical (unpaired) electrons. The van der Waals surface area contributed by atoms with E-state index in [1.54, 1.807) is 33.0 Å². The number of nitro benzene ring substituents is 1. The quantitative estimate of drug-likeness (QED) is 0.464. The maximum atomic E-state index is 13.4. The Hall–Kier alpha value is -2.76. The van der Waals surface area contributed by atoms with Gasteiger partial charge in [-0.25, -0.2) is 0 Å². The second-order valence-electron chi connectivity index (χ2n) is 9.19. The van der Waals surface area contributed by atoms with Gasteiger partial charge in [0.05, 0.1) is 34.7 Å². The van der Waals surface area contributed by atoms with Crippen molar-refractivity contribution in [2.45, 2.75) is 50.6 Å². The van der Waals surface area contributed by atoms with E-state index in [1.807, 2.05) is 0 Å². The maximum Gasteiger partial charge on any atom is 0.270 e. The van der Waals surface area contributed by atoms with E-state index in [0.29, 0.717) is 13.0 Å². The Kier molecular flexibility index (Phi) is 9.03. The molecule has 1 aromatic rings. The highest BCUT2D eigenvalue weighted by Crippen LogP contribution is 2.29. The van der Waals surface area contributed by atoms with Crippen molar-refractivity contribution >= 4 is 17.5 Å². The summed E-state index contributed by atoms with van der Waals surface area (Å²) in [4.78, 5) is 40.3. The van der Waals surface area contributed by atoms with Crippen LogP contribution in [0.5, 0.6) is 5.75 Å². The standard InChI is InChI=1S/C24H35N3O8/c1-15-21(33-5)13-26(3)24(29)18-12-16(27(30)31)6-8-19(18)34-14-22-20(32-4)9-7-17(35-22)10-11-25(2)23(15)28/h6,8,12,15,17,20-22H,7,9-11,13-14H2,1-5H3/t15-,17+,20-,21-,22+/m1/s1. The van der Waals surface area contributed by atoms with Crippen LogP contribution in [-0.2, 0) is 19.0 Å². The van der Waals surface area contributed by atoms with Gasteiger partial charge in [0.2, 0.25) is 5.91 Å². The van der Waals surface area contributed by atoms with E-state index in [0.717, 1.165) is 12.8 Å². The normalized spacial score (nSPS) is 28.9. The topological polar surface area (TPSA) is 121 Å². The number of nitrogens with zero attached hydrogens (tertiary/aromatic N) is 3. The van der Waals surface area contributed by atoms with Crippen molar-refractivity contribution in [2.75, 3.05) is 48.0 Å². The van der Waals surface area contributed by atoms with Crippen molar-refractivity contribution in [1.29, 1.82) is 0 Å². The monoisotopic (exact) mass is 493 g/mol. The zero-order chi connectivity index (χ0) is 25.7. The molecule has 2 amide bonds. The van der Waals surface area contributed by atoms with Gasteiger partial charge in [-0.05, 0) is 25.3 Å². The molecule has 0 aliphatic carbocycles. The van der Waals surface area contributed by atoms with Crippen LogP contribution in [-0.4, -0.2) is 99.0 Å². The summed E-state index contributed by atoms with van der Waals surface area (Å²) in [5.41, 5.74) is -0.165. The molecule has 0 spiro atoms. The molecular formula is C24H35N3O8. The van der Waals surface area contributed by atoms with Gasteiger partial charge in [-0.15, -0.1) is 0 Å². The van der Waals surface area contributed by atoms with Crippen LogP contribution >= 0.6 is 0 Å². The molecule has 1 fully saturated rings. The molecular weight excluding hydrogens is 458 g/mol. The average molecular weight is 494 g/mol. The third-order valence-electron chi connectivity index (χ3n) is 6.88. The first-order valence-electron chi connectivity index (χ1n) is 11.8. The summed E-state index contributed by atoms with van der Waals surface area (Å²) in [6, 6.07) is 3.94. The van der Waals surface area contributed by atoms with Gasteiger partial charge in [-0.2, -0.15) is 0 Å². The highest BCUT2D eigenvalue weighted by Gasteiger charge is 2.34. The maximum absolute atomic E-state index is 13.4. The third-order valence-corrected chi connectivity index (χ3v) is 6.88.